The van der Waals surface area contributed by atoms with Crippen LogP contribution in [0, 0.1) is 11.8 Å². The second-order valence-corrected chi connectivity index (χ2v) is 9.94. The number of hydrogen-bond donors (Lipinski definition) is 2. The standard InChI is InChI=1S/C17H19N5O3S3/c23-16(20-17-18-8-9-26-17)12-6-4-11(5-7-12)10-19-28(24,25)14-3-1-2-13-15(14)22-27-21-13/h1-3,8-9,11-12,19H,4-7,10H2,(H,18,20,23). The lowest BCUT2D eigenvalue weighted by Gasteiger charge is -2.27. The molecule has 0 aliphatic heterocycles. The molecule has 0 spiro atoms. The predicted octanol–water partition coefficient (Wildman–Crippen LogP) is 2.87. The molecule has 1 amide bonds. The normalized spacial score (nSPS) is 20.3. The zero-order valence-corrected chi connectivity index (χ0v) is 17.3. The number of aromatic nitrogens is 3. The van der Waals surface area contributed by atoms with Crippen molar-refractivity contribution < 1.29 is 13.2 Å². The molecular formula is C17H19N5O3S3. The molecule has 1 fully saturated rings. The van der Waals surface area contributed by atoms with Crippen molar-refractivity contribution in [1.29, 1.82) is 0 Å². The average molecular weight is 438 g/mol. The minimum Gasteiger partial charge on any atom is -0.302 e. The van der Waals surface area contributed by atoms with E-state index in [1.807, 2.05) is 5.38 Å². The number of thiazole rings is 1. The molecule has 28 heavy (non-hydrogen) atoms. The molecule has 0 saturated heterocycles. The Morgan fingerprint density at radius 3 is 2.75 bits per heavy atom. The molecule has 1 aliphatic rings. The third-order valence-electron chi connectivity index (χ3n) is 4.98. The summed E-state index contributed by atoms with van der Waals surface area (Å²) >= 11 is 2.40. The Bertz CT molecular complexity index is 1060. The van der Waals surface area contributed by atoms with Crippen LogP contribution < -0.4 is 10.0 Å². The second kappa shape index (κ2) is 8.19. The Morgan fingerprint density at radius 1 is 1.18 bits per heavy atom. The van der Waals surface area contributed by atoms with Crippen LogP contribution in [0.2, 0.25) is 0 Å². The highest BCUT2D eigenvalue weighted by atomic mass is 32.2. The van der Waals surface area contributed by atoms with Crippen molar-refractivity contribution in [3.63, 3.8) is 0 Å². The molecule has 3 aromatic rings. The Balaban J connectivity index is 1.31. The molecule has 2 heterocycles. The lowest BCUT2D eigenvalue weighted by molar-refractivity contribution is -0.121. The molecule has 2 aromatic heterocycles. The third-order valence-corrected chi connectivity index (χ3v) is 7.67. The van der Waals surface area contributed by atoms with Gasteiger partial charge in [-0.15, -0.1) is 11.3 Å². The number of anilines is 1. The van der Waals surface area contributed by atoms with E-state index in [2.05, 4.69) is 23.8 Å². The van der Waals surface area contributed by atoms with Crippen LogP contribution in [0.5, 0.6) is 0 Å². The summed E-state index contributed by atoms with van der Waals surface area (Å²) in [5.74, 6) is 0.162. The molecule has 8 nitrogen and oxygen atoms in total. The third kappa shape index (κ3) is 4.22. The molecule has 148 valence electrons. The van der Waals surface area contributed by atoms with E-state index < -0.39 is 10.0 Å². The fraction of sp³-hybridized carbons (Fsp3) is 0.412. The van der Waals surface area contributed by atoms with Crippen molar-refractivity contribution in [2.75, 3.05) is 11.9 Å². The van der Waals surface area contributed by atoms with Gasteiger partial charge in [-0.05, 0) is 43.7 Å². The van der Waals surface area contributed by atoms with Gasteiger partial charge in [0.25, 0.3) is 0 Å². The van der Waals surface area contributed by atoms with Gasteiger partial charge in [-0.25, -0.2) is 18.1 Å². The zero-order valence-electron chi connectivity index (χ0n) is 14.9. The van der Waals surface area contributed by atoms with Gasteiger partial charge in [0, 0.05) is 24.0 Å². The van der Waals surface area contributed by atoms with Gasteiger partial charge in [0.05, 0.1) is 11.7 Å². The van der Waals surface area contributed by atoms with Crippen molar-refractivity contribution in [3.05, 3.63) is 29.8 Å². The van der Waals surface area contributed by atoms with Crippen LogP contribution in [0.15, 0.2) is 34.7 Å². The number of nitrogens with zero attached hydrogens (tertiary/aromatic N) is 3. The van der Waals surface area contributed by atoms with Gasteiger partial charge in [-0.2, -0.15) is 8.75 Å². The number of nitrogens with one attached hydrogen (secondary N) is 2. The first-order valence-corrected chi connectivity index (χ1v) is 12.0. The SMILES string of the molecule is O=C(Nc1nccs1)C1CCC(CNS(=O)(=O)c2cccc3nsnc23)CC1. The van der Waals surface area contributed by atoms with Crippen LogP contribution in [-0.2, 0) is 14.8 Å². The topological polar surface area (TPSA) is 114 Å². The van der Waals surface area contributed by atoms with Crippen molar-refractivity contribution in [2.45, 2.75) is 30.6 Å². The van der Waals surface area contributed by atoms with E-state index in [-0.39, 0.29) is 22.6 Å². The molecule has 1 saturated carbocycles. The van der Waals surface area contributed by atoms with E-state index in [1.165, 1.54) is 11.3 Å². The Morgan fingerprint density at radius 2 is 2.00 bits per heavy atom. The number of carbonyl (C=O) groups is 1. The highest BCUT2D eigenvalue weighted by Crippen LogP contribution is 2.30. The highest BCUT2D eigenvalue weighted by molar-refractivity contribution is 7.89. The van der Waals surface area contributed by atoms with E-state index in [1.54, 1.807) is 24.4 Å². The van der Waals surface area contributed by atoms with E-state index in [0.29, 0.717) is 22.7 Å². The molecule has 0 atom stereocenters. The Hall–Kier alpha value is -1.95. The van der Waals surface area contributed by atoms with Gasteiger partial charge < -0.3 is 5.32 Å². The van der Waals surface area contributed by atoms with Crippen LogP contribution >= 0.6 is 23.1 Å². The Labute approximate surface area is 170 Å². The average Bonchev–Trinajstić information content (AvgIpc) is 3.38. The maximum absolute atomic E-state index is 12.7. The van der Waals surface area contributed by atoms with E-state index in [4.69, 9.17) is 0 Å². The van der Waals surface area contributed by atoms with Gasteiger partial charge in [0.2, 0.25) is 15.9 Å². The lowest BCUT2D eigenvalue weighted by Crippen LogP contribution is -2.33. The Kier molecular flexibility index (Phi) is 5.67. The van der Waals surface area contributed by atoms with Gasteiger partial charge in [0.15, 0.2) is 5.13 Å². The number of rotatable bonds is 6. The molecule has 11 heteroatoms. The van der Waals surface area contributed by atoms with Gasteiger partial charge in [-0.3, -0.25) is 4.79 Å². The maximum atomic E-state index is 12.7. The minimum absolute atomic E-state index is 0.00306. The monoisotopic (exact) mass is 437 g/mol. The number of carbonyl (C=O) groups excluding carboxylic acids is 1. The lowest BCUT2D eigenvalue weighted by atomic mass is 9.81. The number of amides is 1. The largest absolute Gasteiger partial charge is 0.302 e. The first-order valence-electron chi connectivity index (χ1n) is 8.94. The predicted molar refractivity (Wildman–Crippen MR) is 109 cm³/mol. The molecule has 0 unspecified atom stereocenters. The molecule has 4 rings (SSSR count). The van der Waals surface area contributed by atoms with Gasteiger partial charge in [0.1, 0.15) is 15.9 Å². The highest BCUT2D eigenvalue weighted by Gasteiger charge is 2.28. The fourth-order valence-electron chi connectivity index (χ4n) is 3.42. The summed E-state index contributed by atoms with van der Waals surface area (Å²) < 4.78 is 36.3. The van der Waals surface area contributed by atoms with Crippen LogP contribution in [0.3, 0.4) is 0 Å². The van der Waals surface area contributed by atoms with Crippen molar-refractivity contribution >= 4 is 55.2 Å². The van der Waals surface area contributed by atoms with Crippen LogP contribution in [-0.4, -0.2) is 34.6 Å². The summed E-state index contributed by atoms with van der Waals surface area (Å²) in [6.45, 7) is 0.358. The molecule has 1 aromatic carbocycles. The van der Waals surface area contributed by atoms with Crippen LogP contribution in [0.25, 0.3) is 11.0 Å². The second-order valence-electron chi connectivity index (χ2n) is 6.78. The fourth-order valence-corrected chi connectivity index (χ4v) is 5.84. The minimum atomic E-state index is -3.65. The molecule has 0 bridgehead atoms. The molecule has 0 radical (unpaired) electrons. The quantitative estimate of drug-likeness (QED) is 0.613. The zero-order chi connectivity index (χ0) is 19.6. The van der Waals surface area contributed by atoms with E-state index >= 15 is 0 Å². The summed E-state index contributed by atoms with van der Waals surface area (Å²) in [5, 5.41) is 5.28. The maximum Gasteiger partial charge on any atom is 0.242 e. The van der Waals surface area contributed by atoms with Gasteiger partial charge >= 0.3 is 0 Å². The number of hydrogen-bond acceptors (Lipinski definition) is 8. The molecule has 1 aliphatic carbocycles. The smallest absolute Gasteiger partial charge is 0.242 e. The van der Waals surface area contributed by atoms with E-state index in [9.17, 15) is 13.2 Å². The van der Waals surface area contributed by atoms with Crippen LogP contribution in [0.4, 0.5) is 5.13 Å². The summed E-state index contributed by atoms with van der Waals surface area (Å²) in [5.41, 5.74) is 0.988. The first kappa shape index (κ1) is 19.4. The molecular weight excluding hydrogens is 418 g/mol. The van der Waals surface area contributed by atoms with E-state index in [0.717, 1.165) is 37.4 Å². The summed E-state index contributed by atoms with van der Waals surface area (Å²) in [7, 11) is -3.65. The van der Waals surface area contributed by atoms with Gasteiger partial charge in [-0.1, -0.05) is 6.07 Å². The van der Waals surface area contributed by atoms with Crippen LogP contribution in [0.1, 0.15) is 25.7 Å². The van der Waals surface area contributed by atoms with Crippen molar-refractivity contribution in [3.8, 4) is 0 Å². The number of sulfonamides is 1. The summed E-state index contributed by atoms with van der Waals surface area (Å²) in [4.78, 5) is 16.5. The summed E-state index contributed by atoms with van der Waals surface area (Å²) in [6.07, 6.45) is 4.76. The first-order chi connectivity index (χ1) is 13.5. The summed E-state index contributed by atoms with van der Waals surface area (Å²) in [6, 6.07) is 4.96. The number of fused-ring (bicyclic) bond motifs is 1. The molecule has 2 N–H and O–H groups in total. The van der Waals surface area contributed by atoms with Crippen molar-refractivity contribution in [2.24, 2.45) is 11.8 Å². The van der Waals surface area contributed by atoms with Crippen molar-refractivity contribution in [1.82, 2.24) is 18.5 Å². The number of benzene rings is 1.